The van der Waals surface area contributed by atoms with Crippen LogP contribution in [0.1, 0.15) is 30.2 Å². The summed E-state index contributed by atoms with van der Waals surface area (Å²) in [6.45, 7) is 4.13. The summed E-state index contributed by atoms with van der Waals surface area (Å²) in [6, 6.07) is 7.99. The van der Waals surface area contributed by atoms with E-state index in [9.17, 15) is 14.3 Å². The maximum absolute atomic E-state index is 13.7. The summed E-state index contributed by atoms with van der Waals surface area (Å²) in [5.41, 5.74) is 3.41. The zero-order chi connectivity index (χ0) is 19.4. The van der Waals surface area contributed by atoms with Crippen LogP contribution in [0.2, 0.25) is 0 Å². The van der Waals surface area contributed by atoms with Gasteiger partial charge >= 0.3 is 0 Å². The fraction of sp³-hybridized carbons (Fsp3) is 0.333. The van der Waals surface area contributed by atoms with E-state index in [1.54, 1.807) is 23.4 Å². The molecule has 1 atom stereocenters. The van der Waals surface area contributed by atoms with Crippen molar-refractivity contribution in [2.75, 3.05) is 6.61 Å². The highest BCUT2D eigenvalue weighted by Crippen LogP contribution is 2.25. The molecule has 0 unspecified atom stereocenters. The quantitative estimate of drug-likeness (QED) is 0.671. The minimum Gasteiger partial charge on any atom is -0.394 e. The lowest BCUT2D eigenvalue weighted by Gasteiger charge is -2.30. The first-order chi connectivity index (χ1) is 13.0. The van der Waals surface area contributed by atoms with Crippen LogP contribution in [-0.2, 0) is 17.8 Å². The first-order valence-corrected chi connectivity index (χ1v) is 9.09. The largest absolute Gasteiger partial charge is 0.394 e. The lowest BCUT2D eigenvalue weighted by molar-refractivity contribution is -0.134. The van der Waals surface area contributed by atoms with Gasteiger partial charge in [0.2, 0.25) is 5.91 Å². The van der Waals surface area contributed by atoms with Gasteiger partial charge in [-0.1, -0.05) is 6.92 Å². The predicted molar refractivity (Wildman–Crippen MR) is 103 cm³/mol. The van der Waals surface area contributed by atoms with Gasteiger partial charge in [0.15, 0.2) is 0 Å². The number of hydrogen-bond donors (Lipinski definition) is 2. The Bertz CT molecular complexity index is 920. The molecule has 142 valence electrons. The van der Waals surface area contributed by atoms with Crippen molar-refractivity contribution in [3.05, 3.63) is 65.4 Å². The lowest BCUT2D eigenvalue weighted by Crippen LogP contribution is -2.42. The molecule has 0 aliphatic carbocycles. The third kappa shape index (κ3) is 4.17. The Morgan fingerprint density at radius 3 is 2.70 bits per heavy atom. The van der Waals surface area contributed by atoms with E-state index in [0.29, 0.717) is 13.0 Å². The predicted octanol–water partition coefficient (Wildman–Crippen LogP) is 3.35. The number of aromatic nitrogens is 2. The molecule has 27 heavy (non-hydrogen) atoms. The number of rotatable bonds is 7. The Kier molecular flexibility index (Phi) is 5.86. The van der Waals surface area contributed by atoms with Gasteiger partial charge in [0.05, 0.1) is 19.1 Å². The standard InChI is InChI=1S/C21H24FN3O2/c1-3-17(13-26)25(12-15-6-8-23-9-7-15)21(27)11-18-14(2)24-20-5-4-16(22)10-19(18)20/h4-10,17,24,26H,3,11-13H2,1-2H3/t17-/m1/s1. The van der Waals surface area contributed by atoms with Gasteiger partial charge in [-0.25, -0.2) is 4.39 Å². The Hall–Kier alpha value is -2.73. The first kappa shape index (κ1) is 19.0. The number of nitrogens with one attached hydrogen (secondary N) is 1. The minimum atomic E-state index is -0.328. The number of amides is 1. The minimum absolute atomic E-state index is 0.0963. The van der Waals surface area contributed by atoms with Gasteiger partial charge in [-0.05, 0) is 54.8 Å². The van der Waals surface area contributed by atoms with E-state index in [1.165, 1.54) is 12.1 Å². The maximum atomic E-state index is 13.7. The van der Waals surface area contributed by atoms with Gasteiger partial charge in [-0.2, -0.15) is 0 Å². The van der Waals surface area contributed by atoms with Crippen LogP contribution in [0.25, 0.3) is 10.9 Å². The number of pyridine rings is 1. The molecular weight excluding hydrogens is 345 g/mol. The highest BCUT2D eigenvalue weighted by atomic mass is 19.1. The number of carbonyl (C=O) groups excluding carboxylic acids is 1. The monoisotopic (exact) mass is 369 g/mol. The highest BCUT2D eigenvalue weighted by Gasteiger charge is 2.24. The van der Waals surface area contributed by atoms with Crippen LogP contribution in [0.15, 0.2) is 42.7 Å². The third-order valence-electron chi connectivity index (χ3n) is 4.95. The fourth-order valence-electron chi connectivity index (χ4n) is 3.39. The average Bonchev–Trinajstić information content (AvgIpc) is 2.97. The molecule has 0 saturated heterocycles. The Morgan fingerprint density at radius 1 is 1.30 bits per heavy atom. The van der Waals surface area contributed by atoms with E-state index in [4.69, 9.17) is 0 Å². The molecule has 3 aromatic rings. The zero-order valence-corrected chi connectivity index (χ0v) is 15.6. The van der Waals surface area contributed by atoms with Gasteiger partial charge in [-0.3, -0.25) is 9.78 Å². The fourth-order valence-corrected chi connectivity index (χ4v) is 3.39. The number of fused-ring (bicyclic) bond motifs is 1. The molecule has 2 aromatic heterocycles. The second kappa shape index (κ2) is 8.31. The van der Waals surface area contributed by atoms with E-state index >= 15 is 0 Å². The number of aliphatic hydroxyl groups is 1. The molecule has 2 N–H and O–H groups in total. The molecule has 0 bridgehead atoms. The number of aliphatic hydroxyl groups excluding tert-OH is 1. The van der Waals surface area contributed by atoms with E-state index in [2.05, 4.69) is 9.97 Å². The molecule has 1 aromatic carbocycles. The van der Waals surface area contributed by atoms with Crippen LogP contribution in [-0.4, -0.2) is 38.5 Å². The number of aryl methyl sites for hydroxylation is 1. The average molecular weight is 369 g/mol. The van der Waals surface area contributed by atoms with E-state index in [-0.39, 0.29) is 30.8 Å². The molecule has 3 rings (SSSR count). The second-order valence-electron chi connectivity index (χ2n) is 6.72. The summed E-state index contributed by atoms with van der Waals surface area (Å²) in [5, 5.41) is 10.5. The first-order valence-electron chi connectivity index (χ1n) is 9.09. The van der Waals surface area contributed by atoms with Crippen molar-refractivity contribution in [2.45, 2.75) is 39.3 Å². The van der Waals surface area contributed by atoms with Crippen LogP contribution < -0.4 is 0 Å². The number of H-pyrrole nitrogens is 1. The molecule has 0 fully saturated rings. The van der Waals surface area contributed by atoms with Crippen molar-refractivity contribution in [3.63, 3.8) is 0 Å². The van der Waals surface area contributed by atoms with Crippen LogP contribution in [0.4, 0.5) is 4.39 Å². The second-order valence-corrected chi connectivity index (χ2v) is 6.72. The molecule has 2 heterocycles. The van der Waals surface area contributed by atoms with Crippen LogP contribution >= 0.6 is 0 Å². The summed E-state index contributed by atoms with van der Waals surface area (Å²) in [6.07, 6.45) is 4.17. The van der Waals surface area contributed by atoms with Gasteiger partial charge in [-0.15, -0.1) is 0 Å². The Balaban J connectivity index is 1.90. The van der Waals surface area contributed by atoms with E-state index < -0.39 is 0 Å². The van der Waals surface area contributed by atoms with E-state index in [0.717, 1.165) is 27.7 Å². The molecule has 0 aliphatic heterocycles. The molecule has 0 aliphatic rings. The number of benzene rings is 1. The Morgan fingerprint density at radius 2 is 2.04 bits per heavy atom. The van der Waals surface area contributed by atoms with Gasteiger partial charge < -0.3 is 15.0 Å². The van der Waals surface area contributed by atoms with Gasteiger partial charge in [0, 0.05) is 35.5 Å². The van der Waals surface area contributed by atoms with Crippen molar-refractivity contribution in [1.82, 2.24) is 14.9 Å². The van der Waals surface area contributed by atoms with Crippen molar-refractivity contribution >= 4 is 16.8 Å². The van der Waals surface area contributed by atoms with Crippen molar-refractivity contribution in [2.24, 2.45) is 0 Å². The molecule has 5 nitrogen and oxygen atoms in total. The smallest absolute Gasteiger partial charge is 0.227 e. The van der Waals surface area contributed by atoms with Crippen molar-refractivity contribution in [3.8, 4) is 0 Å². The SMILES string of the molecule is CC[C@H](CO)N(Cc1ccncc1)C(=O)Cc1c(C)[nH]c2ccc(F)cc12. The molecule has 1 amide bonds. The van der Waals surface area contributed by atoms with E-state index in [1.807, 2.05) is 26.0 Å². The van der Waals surface area contributed by atoms with Gasteiger partial charge in [0.25, 0.3) is 0 Å². The normalized spacial score (nSPS) is 12.3. The van der Waals surface area contributed by atoms with Crippen LogP contribution in [0.5, 0.6) is 0 Å². The number of carbonyl (C=O) groups is 1. The number of hydrogen-bond acceptors (Lipinski definition) is 3. The summed E-state index contributed by atoms with van der Waals surface area (Å²) in [5.74, 6) is -0.424. The molecular formula is C21H24FN3O2. The number of aromatic amines is 1. The van der Waals surface area contributed by atoms with Crippen LogP contribution in [0.3, 0.4) is 0 Å². The topological polar surface area (TPSA) is 69.2 Å². The zero-order valence-electron chi connectivity index (χ0n) is 15.6. The summed E-state index contributed by atoms with van der Waals surface area (Å²) < 4.78 is 13.7. The van der Waals surface area contributed by atoms with Crippen molar-refractivity contribution < 1.29 is 14.3 Å². The molecule has 0 radical (unpaired) electrons. The molecule has 0 saturated carbocycles. The maximum Gasteiger partial charge on any atom is 0.227 e. The number of halogens is 1. The lowest BCUT2D eigenvalue weighted by atomic mass is 10.0. The molecule has 0 spiro atoms. The summed E-state index contributed by atoms with van der Waals surface area (Å²) >= 11 is 0. The number of nitrogens with zero attached hydrogens (tertiary/aromatic N) is 2. The highest BCUT2D eigenvalue weighted by molar-refractivity contribution is 5.90. The van der Waals surface area contributed by atoms with Crippen LogP contribution in [0, 0.1) is 12.7 Å². The summed E-state index contributed by atoms with van der Waals surface area (Å²) in [7, 11) is 0. The third-order valence-corrected chi connectivity index (χ3v) is 4.95. The van der Waals surface area contributed by atoms with Gasteiger partial charge in [0.1, 0.15) is 5.82 Å². The van der Waals surface area contributed by atoms with Crippen molar-refractivity contribution in [1.29, 1.82) is 0 Å². The molecule has 6 heteroatoms. The summed E-state index contributed by atoms with van der Waals surface area (Å²) in [4.78, 5) is 22.1. The Labute approximate surface area is 157 Å².